The van der Waals surface area contributed by atoms with E-state index in [1.54, 1.807) is 13.2 Å². The van der Waals surface area contributed by atoms with Gasteiger partial charge >= 0.3 is 0 Å². The van der Waals surface area contributed by atoms with E-state index in [9.17, 15) is 14.9 Å². The van der Waals surface area contributed by atoms with Crippen LogP contribution in [-0.2, 0) is 11.2 Å². The monoisotopic (exact) mass is 423 g/mol. The molecule has 1 fully saturated rings. The minimum absolute atomic E-state index is 0.0216. The van der Waals surface area contributed by atoms with Crippen molar-refractivity contribution in [2.75, 3.05) is 31.6 Å². The minimum Gasteiger partial charge on any atom is -0.497 e. The number of nitrogens with zero attached hydrogens (tertiary/aromatic N) is 3. The topological polar surface area (TPSA) is 113 Å². The highest BCUT2D eigenvalue weighted by Gasteiger charge is 2.25. The van der Waals surface area contributed by atoms with E-state index in [0.29, 0.717) is 25.5 Å². The van der Waals surface area contributed by atoms with E-state index in [0.717, 1.165) is 41.5 Å². The Labute approximate surface area is 179 Å². The van der Waals surface area contributed by atoms with Gasteiger partial charge in [0.25, 0.3) is 5.69 Å². The van der Waals surface area contributed by atoms with Gasteiger partial charge < -0.3 is 19.9 Å². The molecule has 3 aromatic rings. The molecule has 0 saturated carbocycles. The summed E-state index contributed by atoms with van der Waals surface area (Å²) in [7, 11) is 1.65. The number of pyridine rings is 1. The Hall–Kier alpha value is -3.62. The van der Waals surface area contributed by atoms with Crippen molar-refractivity contribution in [3.8, 4) is 5.75 Å². The number of H-pyrrole nitrogens is 1. The Morgan fingerprint density at radius 2 is 2.13 bits per heavy atom. The molecule has 162 valence electrons. The van der Waals surface area contributed by atoms with Gasteiger partial charge in [0, 0.05) is 48.7 Å². The predicted molar refractivity (Wildman–Crippen MR) is 117 cm³/mol. The molecular formula is C22H25N5O4. The third-order valence-corrected chi connectivity index (χ3v) is 5.80. The average molecular weight is 423 g/mol. The first-order valence-corrected chi connectivity index (χ1v) is 10.3. The number of hydrogen-bond acceptors (Lipinski definition) is 6. The molecule has 9 heteroatoms. The molecule has 1 aromatic carbocycles. The summed E-state index contributed by atoms with van der Waals surface area (Å²) in [6.45, 7) is 1.98. The van der Waals surface area contributed by atoms with Crippen LogP contribution in [0.4, 0.5) is 11.5 Å². The predicted octanol–water partition coefficient (Wildman–Crippen LogP) is 3.06. The van der Waals surface area contributed by atoms with Crippen LogP contribution in [0.1, 0.15) is 18.4 Å². The Morgan fingerprint density at radius 3 is 2.81 bits per heavy atom. The van der Waals surface area contributed by atoms with Gasteiger partial charge in [0.05, 0.1) is 12.0 Å². The van der Waals surface area contributed by atoms with Crippen LogP contribution >= 0.6 is 0 Å². The zero-order valence-electron chi connectivity index (χ0n) is 17.3. The van der Waals surface area contributed by atoms with Crippen molar-refractivity contribution in [2.24, 2.45) is 5.92 Å². The Bertz CT molecular complexity index is 1070. The molecule has 4 rings (SSSR count). The lowest BCUT2D eigenvalue weighted by atomic mass is 9.96. The lowest BCUT2D eigenvalue weighted by Crippen LogP contribution is -2.41. The fourth-order valence-corrected chi connectivity index (χ4v) is 4.00. The number of fused-ring (bicyclic) bond motifs is 1. The summed E-state index contributed by atoms with van der Waals surface area (Å²) in [5, 5.41) is 14.9. The second kappa shape index (κ2) is 9.03. The summed E-state index contributed by atoms with van der Waals surface area (Å²) in [5.41, 5.74) is 2.18. The zero-order chi connectivity index (χ0) is 21.8. The number of anilines is 1. The number of carbonyl (C=O) groups is 1. The number of hydrogen-bond donors (Lipinski definition) is 2. The summed E-state index contributed by atoms with van der Waals surface area (Å²) in [6.07, 6.45) is 5.45. The van der Waals surface area contributed by atoms with Crippen LogP contribution in [0.2, 0.25) is 0 Å². The Morgan fingerprint density at radius 1 is 1.32 bits per heavy atom. The van der Waals surface area contributed by atoms with Crippen molar-refractivity contribution < 1.29 is 14.5 Å². The van der Waals surface area contributed by atoms with Gasteiger partial charge in [-0.2, -0.15) is 0 Å². The van der Waals surface area contributed by atoms with Crippen LogP contribution in [0.15, 0.2) is 42.7 Å². The molecule has 1 amide bonds. The van der Waals surface area contributed by atoms with Gasteiger partial charge in [-0.25, -0.2) is 4.98 Å². The number of rotatable bonds is 7. The summed E-state index contributed by atoms with van der Waals surface area (Å²) in [4.78, 5) is 32.4. The fourth-order valence-electron chi connectivity index (χ4n) is 4.00. The average Bonchev–Trinajstić information content (AvgIpc) is 3.21. The molecule has 1 saturated heterocycles. The van der Waals surface area contributed by atoms with Crippen molar-refractivity contribution in [1.82, 2.24) is 15.3 Å². The molecule has 2 N–H and O–H groups in total. The summed E-state index contributed by atoms with van der Waals surface area (Å²) >= 11 is 0. The van der Waals surface area contributed by atoms with E-state index < -0.39 is 4.92 Å². The maximum Gasteiger partial charge on any atom is 0.287 e. The van der Waals surface area contributed by atoms with Gasteiger partial charge in [-0.05, 0) is 49.1 Å². The van der Waals surface area contributed by atoms with Crippen LogP contribution in [0.3, 0.4) is 0 Å². The Balaban J connectivity index is 1.26. The molecule has 31 heavy (non-hydrogen) atoms. The van der Waals surface area contributed by atoms with E-state index in [2.05, 4.69) is 20.2 Å². The normalized spacial score (nSPS) is 14.5. The maximum atomic E-state index is 12.6. The number of methoxy groups -OCH3 is 1. The third kappa shape index (κ3) is 4.60. The number of nitro groups is 1. The van der Waals surface area contributed by atoms with Crippen molar-refractivity contribution in [3.05, 3.63) is 58.4 Å². The van der Waals surface area contributed by atoms with Crippen molar-refractivity contribution in [1.29, 1.82) is 0 Å². The van der Waals surface area contributed by atoms with Gasteiger partial charge in [-0.1, -0.05) is 0 Å². The lowest BCUT2D eigenvalue weighted by molar-refractivity contribution is -0.385. The highest BCUT2D eigenvalue weighted by molar-refractivity contribution is 5.85. The largest absolute Gasteiger partial charge is 0.497 e. The van der Waals surface area contributed by atoms with Gasteiger partial charge in [0.2, 0.25) is 5.91 Å². The molecule has 1 aliphatic heterocycles. The molecule has 3 heterocycles. The zero-order valence-corrected chi connectivity index (χ0v) is 17.3. The summed E-state index contributed by atoms with van der Waals surface area (Å²) in [5.74, 6) is 1.57. The van der Waals surface area contributed by atoms with E-state index in [-0.39, 0.29) is 17.5 Å². The molecule has 2 aromatic heterocycles. The van der Waals surface area contributed by atoms with Crippen molar-refractivity contribution in [3.63, 3.8) is 0 Å². The second-order valence-corrected chi connectivity index (χ2v) is 7.66. The number of benzene rings is 1. The Kier molecular flexibility index (Phi) is 6.01. The first-order valence-electron chi connectivity index (χ1n) is 10.3. The quantitative estimate of drug-likeness (QED) is 0.446. The van der Waals surface area contributed by atoms with E-state index >= 15 is 0 Å². The van der Waals surface area contributed by atoms with Gasteiger partial charge in [0.15, 0.2) is 0 Å². The molecule has 1 aliphatic rings. The van der Waals surface area contributed by atoms with Crippen LogP contribution in [0.5, 0.6) is 5.75 Å². The molecule has 0 atom stereocenters. The number of carbonyl (C=O) groups excluding carboxylic acids is 1. The number of aromatic nitrogens is 2. The van der Waals surface area contributed by atoms with Gasteiger partial charge in [-0.15, -0.1) is 0 Å². The van der Waals surface area contributed by atoms with Gasteiger partial charge in [0.1, 0.15) is 17.8 Å². The SMILES string of the molecule is COc1ccc2[nH]cc(CCNC(=O)C3CCN(c4ccc([N+](=O)[O-])cn4)CC3)c2c1. The number of amides is 1. The maximum absolute atomic E-state index is 12.6. The van der Waals surface area contributed by atoms with Crippen LogP contribution in [-0.4, -0.2) is 47.5 Å². The summed E-state index contributed by atoms with van der Waals surface area (Å²) < 4.78 is 5.30. The number of aromatic amines is 1. The molecule has 9 nitrogen and oxygen atoms in total. The molecule has 0 spiro atoms. The second-order valence-electron chi connectivity index (χ2n) is 7.66. The number of ether oxygens (including phenoxy) is 1. The van der Waals surface area contributed by atoms with E-state index in [4.69, 9.17) is 4.74 Å². The first kappa shape index (κ1) is 20.6. The van der Waals surface area contributed by atoms with E-state index in [1.165, 1.54) is 12.3 Å². The number of nitrogens with one attached hydrogen (secondary N) is 2. The first-order chi connectivity index (χ1) is 15.0. The lowest BCUT2D eigenvalue weighted by Gasteiger charge is -2.32. The molecule has 0 unspecified atom stereocenters. The van der Waals surface area contributed by atoms with E-state index in [1.807, 2.05) is 24.4 Å². The minimum atomic E-state index is -0.458. The van der Waals surface area contributed by atoms with Crippen molar-refractivity contribution >= 4 is 28.3 Å². The van der Waals surface area contributed by atoms with Crippen molar-refractivity contribution in [2.45, 2.75) is 19.3 Å². The fraction of sp³-hybridized carbons (Fsp3) is 0.364. The standard InChI is InChI=1S/C22H25N5O4/c1-31-18-3-4-20-19(12-18)16(13-24-20)6-9-23-22(28)15-7-10-26(11-8-15)21-5-2-17(14-25-21)27(29)30/h2-5,12-15,24H,6-11H2,1H3,(H,23,28). The van der Waals surface area contributed by atoms with Crippen LogP contribution in [0, 0.1) is 16.0 Å². The van der Waals surface area contributed by atoms with Gasteiger partial charge in [-0.3, -0.25) is 14.9 Å². The molecule has 0 bridgehead atoms. The summed E-state index contributed by atoms with van der Waals surface area (Å²) in [6, 6.07) is 9.04. The highest BCUT2D eigenvalue weighted by Crippen LogP contribution is 2.25. The number of piperidine rings is 1. The third-order valence-electron chi connectivity index (χ3n) is 5.80. The van der Waals surface area contributed by atoms with Crippen LogP contribution < -0.4 is 15.0 Å². The van der Waals surface area contributed by atoms with Crippen LogP contribution in [0.25, 0.3) is 10.9 Å². The smallest absolute Gasteiger partial charge is 0.287 e. The molecule has 0 aliphatic carbocycles. The molecule has 0 radical (unpaired) electrons. The molecular weight excluding hydrogens is 398 g/mol. The highest BCUT2D eigenvalue weighted by atomic mass is 16.6.